The third kappa shape index (κ3) is 5.07. The Bertz CT molecular complexity index is 695. The van der Waals surface area contributed by atoms with E-state index in [-0.39, 0.29) is 18.5 Å². The topological polar surface area (TPSA) is 26.7 Å². The van der Waals surface area contributed by atoms with E-state index >= 15 is 0 Å². The van der Waals surface area contributed by atoms with Crippen LogP contribution in [0.3, 0.4) is 0 Å². The molecule has 26 heavy (non-hydrogen) atoms. The maximum absolute atomic E-state index is 14.0. The molecule has 1 fully saturated rings. The molecule has 0 aromatic heterocycles. The van der Waals surface area contributed by atoms with Crippen LogP contribution in [-0.4, -0.2) is 53.4 Å². The fourth-order valence-corrected chi connectivity index (χ4v) is 3.97. The van der Waals surface area contributed by atoms with E-state index in [1.54, 1.807) is 17.8 Å². The summed E-state index contributed by atoms with van der Waals surface area (Å²) in [4.78, 5) is 6.02. The SMILES string of the molecule is CSc1ccc(CN2CCN(Cc3ccccc3F)[C@@H](CCO)C2)cc1. The highest BCUT2D eigenvalue weighted by molar-refractivity contribution is 7.98. The molecular formula is C21H27FN2OS. The van der Waals surface area contributed by atoms with Crippen molar-refractivity contribution in [3.05, 3.63) is 65.5 Å². The van der Waals surface area contributed by atoms with Gasteiger partial charge in [-0.1, -0.05) is 30.3 Å². The highest BCUT2D eigenvalue weighted by Gasteiger charge is 2.27. The van der Waals surface area contributed by atoms with E-state index in [1.807, 2.05) is 12.1 Å². The average Bonchev–Trinajstić information content (AvgIpc) is 2.66. The Balaban J connectivity index is 1.62. The zero-order chi connectivity index (χ0) is 18.4. The van der Waals surface area contributed by atoms with Crippen LogP contribution < -0.4 is 0 Å². The van der Waals surface area contributed by atoms with E-state index in [4.69, 9.17) is 0 Å². The minimum atomic E-state index is -0.147. The Morgan fingerprint density at radius 3 is 2.54 bits per heavy atom. The molecule has 3 nitrogen and oxygen atoms in total. The van der Waals surface area contributed by atoms with Gasteiger partial charge in [0.1, 0.15) is 5.82 Å². The molecule has 0 aliphatic carbocycles. The van der Waals surface area contributed by atoms with Crippen molar-refractivity contribution in [2.45, 2.75) is 30.4 Å². The molecule has 0 bridgehead atoms. The molecule has 0 radical (unpaired) electrons. The number of nitrogens with zero attached hydrogens (tertiary/aromatic N) is 2. The van der Waals surface area contributed by atoms with E-state index in [0.717, 1.165) is 38.2 Å². The van der Waals surface area contributed by atoms with Crippen molar-refractivity contribution in [2.24, 2.45) is 0 Å². The monoisotopic (exact) mass is 374 g/mol. The molecule has 1 aliphatic heterocycles. The smallest absolute Gasteiger partial charge is 0.127 e. The summed E-state index contributed by atoms with van der Waals surface area (Å²) >= 11 is 1.75. The first-order valence-corrected chi connectivity index (χ1v) is 10.4. The average molecular weight is 375 g/mol. The van der Waals surface area contributed by atoms with E-state index in [9.17, 15) is 9.50 Å². The van der Waals surface area contributed by atoms with Crippen LogP contribution in [0.2, 0.25) is 0 Å². The van der Waals surface area contributed by atoms with Gasteiger partial charge in [-0.25, -0.2) is 4.39 Å². The lowest BCUT2D eigenvalue weighted by Gasteiger charge is -2.41. The first-order chi connectivity index (χ1) is 12.7. The summed E-state index contributed by atoms with van der Waals surface area (Å²) in [5, 5.41) is 9.47. The lowest BCUT2D eigenvalue weighted by atomic mass is 10.1. The summed E-state index contributed by atoms with van der Waals surface area (Å²) in [5.74, 6) is -0.147. The molecular weight excluding hydrogens is 347 g/mol. The highest BCUT2D eigenvalue weighted by atomic mass is 32.2. The zero-order valence-corrected chi connectivity index (χ0v) is 16.1. The van der Waals surface area contributed by atoms with Gasteiger partial charge in [-0.2, -0.15) is 0 Å². The number of halogens is 1. The predicted octanol–water partition coefficient (Wildman–Crippen LogP) is 3.62. The first kappa shape index (κ1) is 19.4. The number of thioether (sulfide) groups is 1. The number of piperazine rings is 1. The van der Waals surface area contributed by atoms with Gasteiger partial charge in [0.05, 0.1) is 0 Å². The summed E-state index contributed by atoms with van der Waals surface area (Å²) in [5.41, 5.74) is 2.05. The van der Waals surface area contributed by atoms with Gasteiger partial charge in [0.2, 0.25) is 0 Å². The summed E-state index contributed by atoms with van der Waals surface area (Å²) in [6, 6.07) is 15.9. The van der Waals surface area contributed by atoms with Crippen LogP contribution in [0.15, 0.2) is 53.4 Å². The van der Waals surface area contributed by atoms with E-state index in [1.165, 1.54) is 16.5 Å². The van der Waals surface area contributed by atoms with Crippen molar-refractivity contribution in [3.8, 4) is 0 Å². The molecule has 0 saturated carbocycles. The van der Waals surface area contributed by atoms with Crippen LogP contribution in [0, 0.1) is 5.82 Å². The second-order valence-electron chi connectivity index (χ2n) is 6.81. The molecule has 0 unspecified atom stereocenters. The van der Waals surface area contributed by atoms with Gasteiger partial charge in [-0.05, 0) is 36.4 Å². The third-order valence-electron chi connectivity index (χ3n) is 5.05. The van der Waals surface area contributed by atoms with Crippen molar-refractivity contribution in [1.29, 1.82) is 0 Å². The molecule has 140 valence electrons. The third-order valence-corrected chi connectivity index (χ3v) is 5.79. The van der Waals surface area contributed by atoms with Gasteiger partial charge in [-0.15, -0.1) is 11.8 Å². The largest absolute Gasteiger partial charge is 0.396 e. The lowest BCUT2D eigenvalue weighted by molar-refractivity contribution is 0.0493. The molecule has 5 heteroatoms. The van der Waals surface area contributed by atoms with Crippen molar-refractivity contribution in [1.82, 2.24) is 9.80 Å². The van der Waals surface area contributed by atoms with Gasteiger partial charge in [0, 0.05) is 55.8 Å². The van der Waals surface area contributed by atoms with Crippen molar-refractivity contribution in [2.75, 3.05) is 32.5 Å². The molecule has 1 atom stereocenters. The maximum Gasteiger partial charge on any atom is 0.127 e. The quantitative estimate of drug-likeness (QED) is 0.749. The second kappa shape index (κ2) is 9.51. The Morgan fingerprint density at radius 2 is 1.85 bits per heavy atom. The van der Waals surface area contributed by atoms with E-state index in [0.29, 0.717) is 6.54 Å². The second-order valence-corrected chi connectivity index (χ2v) is 7.69. The molecule has 1 N–H and O–H groups in total. The van der Waals surface area contributed by atoms with Gasteiger partial charge in [0.25, 0.3) is 0 Å². The number of benzene rings is 2. The van der Waals surface area contributed by atoms with Gasteiger partial charge < -0.3 is 5.11 Å². The van der Waals surface area contributed by atoms with Crippen LogP contribution >= 0.6 is 11.8 Å². The van der Waals surface area contributed by atoms with E-state index in [2.05, 4.69) is 40.3 Å². The van der Waals surface area contributed by atoms with Crippen molar-refractivity contribution in [3.63, 3.8) is 0 Å². The number of rotatable bonds is 7. The zero-order valence-electron chi connectivity index (χ0n) is 15.3. The van der Waals surface area contributed by atoms with Crippen LogP contribution in [-0.2, 0) is 13.1 Å². The lowest BCUT2D eigenvalue weighted by Crippen LogP contribution is -2.52. The van der Waals surface area contributed by atoms with Crippen LogP contribution in [0.1, 0.15) is 17.5 Å². The predicted molar refractivity (Wildman–Crippen MR) is 106 cm³/mol. The fraction of sp³-hybridized carbons (Fsp3) is 0.429. The summed E-state index contributed by atoms with van der Waals surface area (Å²) in [6.07, 6.45) is 2.81. The maximum atomic E-state index is 14.0. The molecule has 1 heterocycles. The summed E-state index contributed by atoms with van der Waals surface area (Å²) in [7, 11) is 0. The first-order valence-electron chi connectivity index (χ1n) is 9.13. The van der Waals surface area contributed by atoms with E-state index < -0.39 is 0 Å². The Kier molecular flexibility index (Phi) is 7.08. The van der Waals surface area contributed by atoms with Crippen LogP contribution in [0.5, 0.6) is 0 Å². The van der Waals surface area contributed by atoms with Crippen molar-refractivity contribution >= 4 is 11.8 Å². The van der Waals surface area contributed by atoms with Crippen molar-refractivity contribution < 1.29 is 9.50 Å². The molecule has 1 saturated heterocycles. The van der Waals surface area contributed by atoms with Gasteiger partial charge in [0.15, 0.2) is 0 Å². The molecule has 0 spiro atoms. The number of hydrogen-bond acceptors (Lipinski definition) is 4. The molecule has 3 rings (SSSR count). The molecule has 2 aromatic rings. The summed E-state index contributed by atoms with van der Waals surface area (Å²) < 4.78 is 14.0. The standard InChI is InChI=1S/C21H27FN2OS/c1-26-20-8-6-17(7-9-20)14-23-11-12-24(19(16-23)10-13-25)15-18-4-2-3-5-21(18)22/h2-9,19,25H,10-16H2,1H3/t19-/m0/s1. The van der Waals surface area contributed by atoms with Gasteiger partial charge in [-0.3, -0.25) is 9.80 Å². The minimum absolute atomic E-state index is 0.147. The number of aliphatic hydroxyl groups is 1. The normalized spacial score (nSPS) is 19.0. The highest BCUT2D eigenvalue weighted by Crippen LogP contribution is 2.21. The molecule has 2 aromatic carbocycles. The molecule has 0 amide bonds. The molecule has 1 aliphatic rings. The Hall–Kier alpha value is -1.40. The summed E-state index contributed by atoms with van der Waals surface area (Å²) in [6.45, 7) is 4.44. The minimum Gasteiger partial charge on any atom is -0.396 e. The number of aliphatic hydroxyl groups excluding tert-OH is 1. The van der Waals surface area contributed by atoms with Crippen LogP contribution in [0.25, 0.3) is 0 Å². The Labute approximate surface area is 159 Å². The van der Waals surface area contributed by atoms with Gasteiger partial charge >= 0.3 is 0 Å². The Morgan fingerprint density at radius 1 is 1.08 bits per heavy atom. The number of hydrogen-bond donors (Lipinski definition) is 1. The van der Waals surface area contributed by atoms with Crippen LogP contribution in [0.4, 0.5) is 4.39 Å². The fourth-order valence-electron chi connectivity index (χ4n) is 3.57.